The van der Waals surface area contributed by atoms with Crippen molar-refractivity contribution in [3.8, 4) is 0 Å². The van der Waals surface area contributed by atoms with Gasteiger partial charge in [0.15, 0.2) is 0 Å². The van der Waals surface area contributed by atoms with E-state index in [1.54, 1.807) is 6.92 Å². The van der Waals surface area contributed by atoms with Gasteiger partial charge in [-0.1, -0.05) is 45.4 Å². The fourth-order valence-corrected chi connectivity index (χ4v) is 2.65. The van der Waals surface area contributed by atoms with E-state index in [1.165, 1.54) is 32.1 Å². The summed E-state index contributed by atoms with van der Waals surface area (Å²) in [5, 5.41) is 0. The molecule has 98 valence electrons. The van der Waals surface area contributed by atoms with Crippen LogP contribution in [0.25, 0.3) is 0 Å². The highest BCUT2D eigenvalue weighted by Gasteiger charge is 2.18. The zero-order chi connectivity index (χ0) is 12.3. The maximum atomic E-state index is 11.3. The summed E-state index contributed by atoms with van der Waals surface area (Å²) in [4.78, 5) is 0. The number of hydrogen-bond acceptors (Lipinski definition) is 3. The highest BCUT2D eigenvalue weighted by molar-refractivity contribution is 7.81. The average Bonchev–Trinajstić information content (AvgIpc) is 2.22. The van der Waals surface area contributed by atoms with Crippen LogP contribution in [0.15, 0.2) is 0 Å². The minimum atomic E-state index is -3.29. The standard InChI is InChI=1S/C11H24ClO3P/c1-3-5-6-7-8-9-10-11-15-16(12,13)14-4-2/h3-11H2,1-2H3. The molecular formula is C11H24ClO3P. The molecule has 0 aromatic heterocycles. The lowest BCUT2D eigenvalue weighted by Crippen LogP contribution is -1.93. The lowest BCUT2D eigenvalue weighted by Gasteiger charge is -2.09. The first-order chi connectivity index (χ1) is 7.62. The van der Waals surface area contributed by atoms with Crippen LogP contribution in [0.3, 0.4) is 0 Å². The Morgan fingerprint density at radius 2 is 1.50 bits per heavy atom. The second kappa shape index (κ2) is 10.6. The van der Waals surface area contributed by atoms with E-state index >= 15 is 0 Å². The third-order valence-electron chi connectivity index (χ3n) is 2.28. The monoisotopic (exact) mass is 270 g/mol. The summed E-state index contributed by atoms with van der Waals surface area (Å²) in [6.45, 7) is 1.41. The smallest absolute Gasteiger partial charge is 0.297 e. The summed E-state index contributed by atoms with van der Waals surface area (Å²) < 4.78 is 21.1. The molecule has 1 unspecified atom stereocenters. The van der Waals surface area contributed by atoms with Gasteiger partial charge in [-0.2, -0.15) is 0 Å². The van der Waals surface area contributed by atoms with Gasteiger partial charge < -0.3 is 0 Å². The highest BCUT2D eigenvalue weighted by atomic mass is 35.7. The quantitative estimate of drug-likeness (QED) is 0.385. The van der Waals surface area contributed by atoms with Crippen LogP contribution in [0.5, 0.6) is 0 Å². The van der Waals surface area contributed by atoms with Crippen LogP contribution in [0.1, 0.15) is 58.8 Å². The third kappa shape index (κ3) is 10.9. The largest absolute Gasteiger partial charge is 0.424 e. The zero-order valence-electron chi connectivity index (χ0n) is 10.4. The van der Waals surface area contributed by atoms with Gasteiger partial charge >= 0.3 is 6.95 Å². The van der Waals surface area contributed by atoms with Crippen molar-refractivity contribution in [1.29, 1.82) is 0 Å². The average molecular weight is 271 g/mol. The van der Waals surface area contributed by atoms with Crippen LogP contribution in [-0.4, -0.2) is 13.2 Å². The Balaban J connectivity index is 3.23. The van der Waals surface area contributed by atoms with Crippen LogP contribution in [0.4, 0.5) is 0 Å². The van der Waals surface area contributed by atoms with Crippen LogP contribution in [0.2, 0.25) is 0 Å². The first-order valence-corrected chi connectivity index (χ1v) is 8.66. The predicted molar refractivity (Wildman–Crippen MR) is 69.0 cm³/mol. The maximum absolute atomic E-state index is 11.3. The molecule has 0 aromatic carbocycles. The number of hydrogen-bond donors (Lipinski definition) is 0. The molecule has 1 atom stereocenters. The molecule has 0 aliphatic rings. The maximum Gasteiger partial charge on any atom is 0.424 e. The van der Waals surface area contributed by atoms with Gasteiger partial charge in [-0.3, -0.25) is 9.05 Å². The van der Waals surface area contributed by atoms with Crippen LogP contribution in [0, 0.1) is 0 Å². The molecule has 0 N–H and O–H groups in total. The van der Waals surface area contributed by atoms with Gasteiger partial charge in [-0.15, -0.1) is 0 Å². The van der Waals surface area contributed by atoms with Crippen molar-refractivity contribution in [3.63, 3.8) is 0 Å². The van der Waals surface area contributed by atoms with Gasteiger partial charge in [0.25, 0.3) is 0 Å². The van der Waals surface area contributed by atoms with Crippen molar-refractivity contribution in [2.45, 2.75) is 58.8 Å². The Morgan fingerprint density at radius 3 is 2.06 bits per heavy atom. The molecule has 0 saturated heterocycles. The topological polar surface area (TPSA) is 35.5 Å². The van der Waals surface area contributed by atoms with Crippen molar-refractivity contribution >= 4 is 18.2 Å². The summed E-state index contributed by atoms with van der Waals surface area (Å²) in [5.41, 5.74) is 0. The molecule has 0 bridgehead atoms. The summed E-state index contributed by atoms with van der Waals surface area (Å²) in [6.07, 6.45) is 8.39. The van der Waals surface area contributed by atoms with Crippen LogP contribution < -0.4 is 0 Å². The Kier molecular flexibility index (Phi) is 10.9. The van der Waals surface area contributed by atoms with Crippen molar-refractivity contribution in [1.82, 2.24) is 0 Å². The molecule has 0 fully saturated rings. The van der Waals surface area contributed by atoms with E-state index in [2.05, 4.69) is 6.92 Å². The van der Waals surface area contributed by atoms with E-state index in [4.69, 9.17) is 20.3 Å². The lowest BCUT2D eigenvalue weighted by atomic mass is 10.1. The number of rotatable bonds is 11. The summed E-state index contributed by atoms with van der Waals surface area (Å²) in [7, 11) is 0. The van der Waals surface area contributed by atoms with E-state index in [9.17, 15) is 4.57 Å². The molecule has 0 aliphatic heterocycles. The van der Waals surface area contributed by atoms with E-state index < -0.39 is 6.95 Å². The molecule has 0 saturated carbocycles. The predicted octanol–water partition coefficient (Wildman–Crippen LogP) is 5.14. The summed E-state index contributed by atoms with van der Waals surface area (Å²) in [6, 6.07) is 0. The summed E-state index contributed by atoms with van der Waals surface area (Å²) in [5.74, 6) is 0. The Morgan fingerprint density at radius 1 is 0.938 bits per heavy atom. The van der Waals surface area contributed by atoms with Crippen molar-refractivity contribution in [2.75, 3.05) is 13.2 Å². The second-order valence-electron chi connectivity index (χ2n) is 3.80. The van der Waals surface area contributed by atoms with Crippen LogP contribution >= 0.6 is 18.2 Å². The highest BCUT2D eigenvalue weighted by Crippen LogP contribution is 2.53. The van der Waals surface area contributed by atoms with Gasteiger partial charge in [0.2, 0.25) is 0 Å². The zero-order valence-corrected chi connectivity index (χ0v) is 12.1. The van der Waals surface area contributed by atoms with Gasteiger partial charge in [0.1, 0.15) is 0 Å². The third-order valence-corrected chi connectivity index (χ3v) is 3.92. The molecule has 5 heteroatoms. The molecule has 0 aliphatic carbocycles. The van der Waals surface area contributed by atoms with E-state index in [1.807, 2.05) is 0 Å². The summed E-state index contributed by atoms with van der Waals surface area (Å²) >= 11 is 5.53. The van der Waals surface area contributed by atoms with E-state index in [-0.39, 0.29) is 0 Å². The Hall–Kier alpha value is 0.440. The van der Waals surface area contributed by atoms with Gasteiger partial charge in [-0.25, -0.2) is 4.57 Å². The normalized spacial score (nSPS) is 14.9. The first kappa shape index (κ1) is 16.4. The Labute approximate surface area is 104 Å². The Bertz CT molecular complexity index is 200. The van der Waals surface area contributed by atoms with Crippen molar-refractivity contribution in [3.05, 3.63) is 0 Å². The molecule has 16 heavy (non-hydrogen) atoms. The fourth-order valence-electron chi connectivity index (χ4n) is 1.42. The van der Waals surface area contributed by atoms with Gasteiger partial charge in [0, 0.05) is 11.2 Å². The van der Waals surface area contributed by atoms with Crippen molar-refractivity contribution < 1.29 is 13.6 Å². The number of halogens is 1. The molecule has 0 aromatic rings. The van der Waals surface area contributed by atoms with Crippen molar-refractivity contribution in [2.24, 2.45) is 0 Å². The molecule has 0 heterocycles. The van der Waals surface area contributed by atoms with E-state index in [0.29, 0.717) is 13.2 Å². The molecule has 3 nitrogen and oxygen atoms in total. The number of unbranched alkanes of at least 4 members (excludes halogenated alkanes) is 6. The van der Waals surface area contributed by atoms with Gasteiger partial charge in [-0.05, 0) is 13.3 Å². The molecule has 0 radical (unpaired) electrons. The first-order valence-electron chi connectivity index (χ1n) is 6.21. The molecule has 0 spiro atoms. The second-order valence-corrected chi connectivity index (χ2v) is 6.42. The lowest BCUT2D eigenvalue weighted by molar-refractivity contribution is 0.222. The molecule has 0 rings (SSSR count). The SMILES string of the molecule is CCCCCCCCCOP(=O)(Cl)OCC. The van der Waals surface area contributed by atoms with Crippen LogP contribution in [-0.2, 0) is 13.6 Å². The van der Waals surface area contributed by atoms with E-state index in [0.717, 1.165) is 12.8 Å². The molecule has 0 amide bonds. The molecular weight excluding hydrogens is 247 g/mol. The fraction of sp³-hybridized carbons (Fsp3) is 1.00. The minimum Gasteiger partial charge on any atom is -0.297 e. The van der Waals surface area contributed by atoms with Gasteiger partial charge in [0.05, 0.1) is 13.2 Å². The minimum absolute atomic E-state index is 0.317.